The Hall–Kier alpha value is -1.41. The molecular weight excluding hydrogens is 268 g/mol. The van der Waals surface area contributed by atoms with E-state index in [2.05, 4.69) is 10.3 Å². The molecule has 1 heterocycles. The van der Waals surface area contributed by atoms with Gasteiger partial charge in [0.15, 0.2) is 0 Å². The summed E-state index contributed by atoms with van der Waals surface area (Å²) in [6, 6.07) is 0. The Kier molecular flexibility index (Phi) is 6.51. The maximum atomic E-state index is 11.7. The van der Waals surface area contributed by atoms with Crippen molar-refractivity contribution in [2.75, 3.05) is 43.3 Å². The zero-order valence-corrected chi connectivity index (χ0v) is 12.0. The molecule has 0 bridgehead atoms. The summed E-state index contributed by atoms with van der Waals surface area (Å²) in [6.07, 6.45) is 2.93. The zero-order chi connectivity index (χ0) is 14.3. The number of hydrogen-bond donors (Lipinski definition) is 3. The van der Waals surface area contributed by atoms with Crippen LogP contribution in [0.25, 0.3) is 0 Å². The van der Waals surface area contributed by atoms with Crippen LogP contribution in [0.4, 0.5) is 11.5 Å². The molecule has 0 aliphatic carbocycles. The van der Waals surface area contributed by atoms with Crippen molar-refractivity contribution in [1.82, 2.24) is 9.55 Å². The van der Waals surface area contributed by atoms with Crippen molar-refractivity contribution < 1.29 is 4.74 Å². The highest BCUT2D eigenvalue weighted by Gasteiger charge is 2.11. The number of nitrogens with two attached hydrogens (primary N) is 1. The van der Waals surface area contributed by atoms with Crippen LogP contribution in [0.15, 0.2) is 9.59 Å². The smallest absolute Gasteiger partial charge is 0.330 e. The van der Waals surface area contributed by atoms with Crippen LogP contribution in [-0.2, 0) is 11.3 Å². The van der Waals surface area contributed by atoms with E-state index in [4.69, 9.17) is 10.5 Å². The van der Waals surface area contributed by atoms with Crippen LogP contribution in [0.5, 0.6) is 0 Å². The Morgan fingerprint density at radius 3 is 2.84 bits per heavy atom. The summed E-state index contributed by atoms with van der Waals surface area (Å²) in [7, 11) is 1.54. The monoisotopic (exact) mass is 288 g/mol. The summed E-state index contributed by atoms with van der Waals surface area (Å²) >= 11 is 1.73. The van der Waals surface area contributed by atoms with Gasteiger partial charge in [-0.3, -0.25) is 14.3 Å². The van der Waals surface area contributed by atoms with Gasteiger partial charge in [-0.1, -0.05) is 0 Å². The molecule has 0 spiro atoms. The summed E-state index contributed by atoms with van der Waals surface area (Å²) in [6.45, 7) is 1.29. The minimum atomic E-state index is -0.519. The molecule has 1 rings (SSSR count). The molecule has 0 aliphatic heterocycles. The molecule has 0 fully saturated rings. The summed E-state index contributed by atoms with van der Waals surface area (Å²) in [5.41, 5.74) is 5.10. The van der Waals surface area contributed by atoms with E-state index in [-0.39, 0.29) is 11.5 Å². The Balaban J connectivity index is 2.90. The third-order valence-corrected chi connectivity index (χ3v) is 3.28. The lowest BCUT2D eigenvalue weighted by Gasteiger charge is -2.13. The highest BCUT2D eigenvalue weighted by molar-refractivity contribution is 7.98. The van der Waals surface area contributed by atoms with Crippen LogP contribution in [0.3, 0.4) is 0 Å². The predicted molar refractivity (Wildman–Crippen MR) is 79.1 cm³/mol. The molecular formula is C11H20N4O3S. The minimum absolute atomic E-state index is 0.148. The van der Waals surface area contributed by atoms with E-state index >= 15 is 0 Å². The topological polar surface area (TPSA) is 102 Å². The van der Waals surface area contributed by atoms with Crippen molar-refractivity contribution in [3.63, 3.8) is 0 Å². The van der Waals surface area contributed by atoms with Crippen LogP contribution in [0.1, 0.15) is 6.42 Å². The van der Waals surface area contributed by atoms with Crippen molar-refractivity contribution in [3.8, 4) is 0 Å². The molecule has 4 N–H and O–H groups in total. The van der Waals surface area contributed by atoms with Gasteiger partial charge >= 0.3 is 5.69 Å². The molecule has 0 atom stereocenters. The molecule has 0 aromatic carbocycles. The molecule has 1 aromatic heterocycles. The minimum Gasteiger partial charge on any atom is -0.383 e. The van der Waals surface area contributed by atoms with E-state index in [0.717, 1.165) is 12.2 Å². The van der Waals surface area contributed by atoms with Gasteiger partial charge in [0.25, 0.3) is 5.56 Å². The van der Waals surface area contributed by atoms with Gasteiger partial charge in [-0.15, -0.1) is 0 Å². The average Bonchev–Trinajstić information content (AvgIpc) is 2.37. The number of hydrogen-bond acceptors (Lipinski definition) is 6. The average molecular weight is 288 g/mol. The van der Waals surface area contributed by atoms with Crippen molar-refractivity contribution in [2.24, 2.45) is 0 Å². The molecule has 0 aliphatic rings. The van der Waals surface area contributed by atoms with E-state index in [1.54, 1.807) is 11.8 Å². The SMILES string of the molecule is COCCn1c(N)c(NCCCSC)c(=O)[nH]c1=O. The normalized spacial score (nSPS) is 10.6. The predicted octanol–water partition coefficient (Wildman–Crippen LogP) is -0.0698. The van der Waals surface area contributed by atoms with E-state index < -0.39 is 11.2 Å². The first-order valence-electron chi connectivity index (χ1n) is 5.96. The number of nitrogen functional groups attached to an aromatic ring is 1. The number of rotatable bonds is 8. The van der Waals surface area contributed by atoms with Crippen LogP contribution in [-0.4, -0.2) is 41.8 Å². The number of nitrogens with one attached hydrogen (secondary N) is 2. The molecule has 1 aromatic rings. The number of aromatic amines is 1. The summed E-state index contributed by atoms with van der Waals surface area (Å²) in [4.78, 5) is 25.6. The second kappa shape index (κ2) is 7.90. The first-order chi connectivity index (χ1) is 9.11. The molecule has 0 amide bonds. The van der Waals surface area contributed by atoms with Gasteiger partial charge in [0, 0.05) is 13.7 Å². The van der Waals surface area contributed by atoms with Crippen molar-refractivity contribution in [3.05, 3.63) is 20.8 Å². The van der Waals surface area contributed by atoms with E-state index in [1.165, 1.54) is 11.7 Å². The number of anilines is 2. The van der Waals surface area contributed by atoms with Gasteiger partial charge in [-0.05, 0) is 18.4 Å². The van der Waals surface area contributed by atoms with Crippen LogP contribution in [0, 0.1) is 0 Å². The Bertz CT molecular complexity index is 512. The molecule has 0 saturated carbocycles. The Labute approximate surface area is 115 Å². The first kappa shape index (κ1) is 15.6. The van der Waals surface area contributed by atoms with Crippen molar-refractivity contribution >= 4 is 23.3 Å². The summed E-state index contributed by atoms with van der Waals surface area (Å²) < 4.78 is 6.20. The second-order valence-corrected chi connectivity index (χ2v) is 4.92. The second-order valence-electron chi connectivity index (χ2n) is 3.94. The molecule has 108 valence electrons. The third-order valence-electron chi connectivity index (χ3n) is 2.59. The van der Waals surface area contributed by atoms with Crippen molar-refractivity contribution in [1.29, 1.82) is 0 Å². The van der Waals surface area contributed by atoms with Gasteiger partial charge in [-0.2, -0.15) is 11.8 Å². The molecule has 19 heavy (non-hydrogen) atoms. The summed E-state index contributed by atoms with van der Waals surface area (Å²) in [5.74, 6) is 1.14. The fourth-order valence-electron chi connectivity index (χ4n) is 1.59. The first-order valence-corrected chi connectivity index (χ1v) is 7.35. The number of nitrogens with zero attached hydrogens (tertiary/aromatic N) is 1. The highest BCUT2D eigenvalue weighted by atomic mass is 32.2. The number of H-pyrrole nitrogens is 1. The number of aromatic nitrogens is 2. The molecule has 8 heteroatoms. The summed E-state index contributed by atoms with van der Waals surface area (Å²) in [5, 5.41) is 2.98. The van der Waals surface area contributed by atoms with Gasteiger partial charge in [0.2, 0.25) is 0 Å². The number of thioether (sulfide) groups is 1. The van der Waals surface area contributed by atoms with Gasteiger partial charge < -0.3 is 15.8 Å². The van der Waals surface area contributed by atoms with Crippen LogP contribution < -0.4 is 22.3 Å². The number of methoxy groups -OCH3 is 1. The van der Waals surface area contributed by atoms with E-state index in [9.17, 15) is 9.59 Å². The fraction of sp³-hybridized carbons (Fsp3) is 0.636. The van der Waals surface area contributed by atoms with Crippen molar-refractivity contribution in [2.45, 2.75) is 13.0 Å². The lowest BCUT2D eigenvalue weighted by Crippen LogP contribution is -2.35. The molecule has 0 radical (unpaired) electrons. The Morgan fingerprint density at radius 1 is 1.47 bits per heavy atom. The molecule has 7 nitrogen and oxygen atoms in total. The van der Waals surface area contributed by atoms with Crippen LogP contribution in [0.2, 0.25) is 0 Å². The maximum absolute atomic E-state index is 11.7. The van der Waals surface area contributed by atoms with Gasteiger partial charge in [0.05, 0.1) is 13.2 Å². The fourth-order valence-corrected chi connectivity index (χ4v) is 2.03. The third kappa shape index (κ3) is 4.32. The van der Waals surface area contributed by atoms with Gasteiger partial charge in [0.1, 0.15) is 11.5 Å². The van der Waals surface area contributed by atoms with E-state index in [0.29, 0.717) is 19.7 Å². The van der Waals surface area contributed by atoms with Gasteiger partial charge in [-0.25, -0.2) is 4.79 Å². The molecule has 0 saturated heterocycles. The number of ether oxygens (including phenoxy) is 1. The Morgan fingerprint density at radius 2 is 2.21 bits per heavy atom. The standard InChI is InChI=1S/C11H20N4O3S/c1-18-6-5-15-9(12)8(10(16)14-11(15)17)13-4-3-7-19-2/h13H,3-7,12H2,1-2H3,(H,14,16,17). The lowest BCUT2D eigenvalue weighted by atomic mass is 10.4. The quantitative estimate of drug-likeness (QED) is 0.579. The van der Waals surface area contributed by atoms with E-state index in [1.807, 2.05) is 6.26 Å². The lowest BCUT2D eigenvalue weighted by molar-refractivity contribution is 0.186. The van der Waals surface area contributed by atoms with Crippen LogP contribution >= 0.6 is 11.8 Å². The maximum Gasteiger partial charge on any atom is 0.330 e. The zero-order valence-electron chi connectivity index (χ0n) is 11.2. The largest absolute Gasteiger partial charge is 0.383 e. The highest BCUT2D eigenvalue weighted by Crippen LogP contribution is 2.10. The molecule has 0 unspecified atom stereocenters.